The van der Waals surface area contributed by atoms with Crippen molar-refractivity contribution < 1.29 is 38.3 Å². The second-order valence-electron chi connectivity index (χ2n) is 17.2. The van der Waals surface area contributed by atoms with E-state index in [0.717, 1.165) is 43.4 Å². The Morgan fingerprint density at radius 3 is 1.35 bits per heavy atom. The Hall–Kier alpha value is -3.81. The Morgan fingerprint density at radius 2 is 0.857 bits per heavy atom. The van der Waals surface area contributed by atoms with Crippen molar-refractivity contribution in [2.24, 2.45) is 0 Å². The molecule has 0 aliphatic carbocycles. The van der Waals surface area contributed by atoms with E-state index in [-0.39, 0.29) is 82.4 Å². The van der Waals surface area contributed by atoms with Crippen molar-refractivity contribution in [1.29, 1.82) is 0 Å². The summed E-state index contributed by atoms with van der Waals surface area (Å²) in [7, 11) is 0. The zero-order valence-electron chi connectivity index (χ0n) is 39.6. The van der Waals surface area contributed by atoms with Gasteiger partial charge in [-0.3, -0.25) is 38.5 Å². The Bertz CT molecular complexity index is 1280. The summed E-state index contributed by atoms with van der Waals surface area (Å²) in [4.78, 5) is 87.3. The molecule has 0 aromatic heterocycles. The highest BCUT2D eigenvalue weighted by molar-refractivity contribution is 6.13. The van der Waals surface area contributed by atoms with E-state index in [1.54, 1.807) is 0 Å². The predicted molar refractivity (Wildman–Crippen MR) is 251 cm³/mol. The van der Waals surface area contributed by atoms with Crippen LogP contribution in [-0.4, -0.2) is 98.2 Å². The van der Waals surface area contributed by atoms with Crippen molar-refractivity contribution in [2.75, 3.05) is 45.9 Å². The molecular weight excluding hydrogens is 801 g/mol. The molecule has 0 aromatic carbocycles. The minimum Gasteiger partial charge on any atom is -0.379 e. The third-order valence-electron chi connectivity index (χ3n) is 11.4. The molecule has 0 bridgehead atoms. The van der Waals surface area contributed by atoms with Crippen LogP contribution in [0.3, 0.4) is 0 Å². The van der Waals surface area contributed by atoms with E-state index >= 15 is 0 Å². The molecule has 0 fully saturated rings. The second-order valence-corrected chi connectivity index (χ2v) is 17.2. The average molecular weight is 889 g/mol. The normalized spacial score (nSPS) is 12.7. The standard InChI is InChI=1S/C49H88N6O8/c1-3-5-7-9-11-13-15-17-19-21-23-25-27-29-43(56)53-41-42(54-46(59)30-28-26-24-22-20-18-16-14-12-10-8-6-4-2)49(62)52-36-35-50-45(58)34-39-63-40-37-51-44(57)33-38-55-47(60)31-32-48(55)61/h31-32,42H,3-30,33-41H2,1-2H3,(H,50,58)(H,51,57)(H,52,62)(H,53,56)(H,54,59)/t42-/m0/s1. The van der Waals surface area contributed by atoms with Crippen molar-refractivity contribution >= 4 is 41.4 Å². The van der Waals surface area contributed by atoms with Crippen molar-refractivity contribution in [3.63, 3.8) is 0 Å². The molecule has 0 unspecified atom stereocenters. The van der Waals surface area contributed by atoms with Crippen molar-refractivity contribution in [3.8, 4) is 0 Å². The molecule has 7 amide bonds. The van der Waals surface area contributed by atoms with Crippen LogP contribution in [0, 0.1) is 0 Å². The largest absolute Gasteiger partial charge is 0.379 e. The van der Waals surface area contributed by atoms with Crippen LogP contribution in [0.2, 0.25) is 0 Å². The first-order valence-electron chi connectivity index (χ1n) is 25.2. The van der Waals surface area contributed by atoms with Crippen LogP contribution in [0.1, 0.15) is 206 Å². The van der Waals surface area contributed by atoms with E-state index in [1.807, 2.05) is 0 Å². The summed E-state index contributed by atoms with van der Waals surface area (Å²) < 4.78 is 5.42. The van der Waals surface area contributed by atoms with Gasteiger partial charge < -0.3 is 31.3 Å². The van der Waals surface area contributed by atoms with Gasteiger partial charge in [0.1, 0.15) is 6.04 Å². The highest BCUT2D eigenvalue weighted by Crippen LogP contribution is 2.14. The van der Waals surface area contributed by atoms with Crippen LogP contribution in [0.4, 0.5) is 0 Å². The van der Waals surface area contributed by atoms with Crippen molar-refractivity contribution in [1.82, 2.24) is 31.5 Å². The first-order valence-corrected chi connectivity index (χ1v) is 25.2. The van der Waals surface area contributed by atoms with Crippen LogP contribution in [0.5, 0.6) is 0 Å². The number of nitrogens with zero attached hydrogens (tertiary/aromatic N) is 1. The lowest BCUT2D eigenvalue weighted by Crippen LogP contribution is -2.53. The lowest BCUT2D eigenvalue weighted by Gasteiger charge is -2.19. The molecule has 1 rings (SSSR count). The summed E-state index contributed by atoms with van der Waals surface area (Å²) in [5.41, 5.74) is 0. The van der Waals surface area contributed by atoms with Crippen LogP contribution in [-0.2, 0) is 38.3 Å². The van der Waals surface area contributed by atoms with E-state index in [1.165, 1.54) is 141 Å². The maximum Gasteiger partial charge on any atom is 0.253 e. The Labute approximate surface area is 380 Å². The van der Waals surface area contributed by atoms with Gasteiger partial charge >= 0.3 is 0 Å². The second kappa shape index (κ2) is 40.9. The molecule has 1 aliphatic rings. The van der Waals surface area contributed by atoms with Gasteiger partial charge in [-0.25, -0.2) is 0 Å². The molecule has 14 heteroatoms. The number of carbonyl (C=O) groups is 7. The van der Waals surface area contributed by atoms with Gasteiger partial charge in [-0.1, -0.05) is 168 Å². The van der Waals surface area contributed by atoms with E-state index in [4.69, 9.17) is 4.74 Å². The van der Waals surface area contributed by atoms with Crippen LogP contribution < -0.4 is 26.6 Å². The van der Waals surface area contributed by atoms with Gasteiger partial charge in [0, 0.05) is 70.6 Å². The molecular formula is C49H88N6O8. The fourth-order valence-electron chi connectivity index (χ4n) is 7.47. The minimum atomic E-state index is -0.929. The van der Waals surface area contributed by atoms with Gasteiger partial charge in [0.25, 0.3) is 11.8 Å². The molecule has 5 N–H and O–H groups in total. The number of amides is 7. The number of ether oxygens (including phenoxy) is 1. The van der Waals surface area contributed by atoms with Gasteiger partial charge in [0.15, 0.2) is 0 Å². The predicted octanol–water partition coefficient (Wildman–Crippen LogP) is 7.62. The van der Waals surface area contributed by atoms with Gasteiger partial charge in [-0.15, -0.1) is 0 Å². The number of hydrogen-bond donors (Lipinski definition) is 5. The third kappa shape index (κ3) is 34.3. The fraction of sp³-hybridized carbons (Fsp3) is 0.816. The lowest BCUT2D eigenvalue weighted by molar-refractivity contribution is -0.137. The molecule has 1 aliphatic heterocycles. The molecule has 0 radical (unpaired) electrons. The molecule has 14 nitrogen and oxygen atoms in total. The number of carbonyl (C=O) groups excluding carboxylic acids is 7. The lowest BCUT2D eigenvalue weighted by atomic mass is 10.0. The summed E-state index contributed by atoms with van der Waals surface area (Å²) in [6.45, 7) is 5.32. The molecule has 0 aromatic rings. The highest BCUT2D eigenvalue weighted by atomic mass is 16.5. The summed E-state index contributed by atoms with van der Waals surface area (Å²) in [5.74, 6) is -2.25. The fourth-order valence-corrected chi connectivity index (χ4v) is 7.47. The maximum absolute atomic E-state index is 13.2. The SMILES string of the molecule is CCCCCCCCCCCCCCCC(=O)NC[C@H](NC(=O)CCCCCCCCCCCCCCC)C(=O)NCCNC(=O)CCOCCNC(=O)CCN1C(=O)C=CC1=O. The van der Waals surface area contributed by atoms with E-state index < -0.39 is 23.8 Å². The number of unbranched alkanes of at least 4 members (excludes halogenated alkanes) is 24. The summed E-state index contributed by atoms with van der Waals surface area (Å²) >= 11 is 0. The van der Waals surface area contributed by atoms with E-state index in [0.29, 0.717) is 12.8 Å². The maximum atomic E-state index is 13.2. The summed E-state index contributed by atoms with van der Waals surface area (Å²) in [6, 6.07) is -0.929. The van der Waals surface area contributed by atoms with Crippen molar-refractivity contribution in [3.05, 3.63) is 12.2 Å². The molecule has 63 heavy (non-hydrogen) atoms. The van der Waals surface area contributed by atoms with E-state index in [9.17, 15) is 33.6 Å². The summed E-state index contributed by atoms with van der Waals surface area (Å²) in [6.07, 6.45) is 34.8. The van der Waals surface area contributed by atoms with Gasteiger partial charge in [-0.2, -0.15) is 0 Å². The number of rotatable bonds is 44. The van der Waals surface area contributed by atoms with Crippen LogP contribution in [0.15, 0.2) is 12.2 Å². The zero-order valence-corrected chi connectivity index (χ0v) is 39.6. The number of nitrogens with one attached hydrogen (secondary N) is 5. The first kappa shape index (κ1) is 57.2. The molecule has 1 atom stereocenters. The van der Waals surface area contributed by atoms with Gasteiger partial charge in [0.05, 0.1) is 13.2 Å². The highest BCUT2D eigenvalue weighted by Gasteiger charge is 2.24. The van der Waals surface area contributed by atoms with E-state index in [2.05, 4.69) is 40.4 Å². The number of hydrogen-bond acceptors (Lipinski definition) is 8. The first-order chi connectivity index (χ1) is 30.7. The Balaban J connectivity index is 2.33. The van der Waals surface area contributed by atoms with Gasteiger partial charge in [-0.05, 0) is 12.8 Å². The quantitative estimate of drug-likeness (QED) is 0.0305. The average Bonchev–Trinajstić information content (AvgIpc) is 3.59. The Morgan fingerprint density at radius 1 is 0.460 bits per heavy atom. The molecule has 1 heterocycles. The molecule has 0 saturated carbocycles. The monoisotopic (exact) mass is 889 g/mol. The van der Waals surface area contributed by atoms with Crippen LogP contribution in [0.25, 0.3) is 0 Å². The minimum absolute atomic E-state index is 0.00292. The molecule has 0 saturated heterocycles. The summed E-state index contributed by atoms with van der Waals surface area (Å²) in [5, 5.41) is 13.8. The number of imide groups is 1. The van der Waals surface area contributed by atoms with Gasteiger partial charge in [0.2, 0.25) is 29.5 Å². The van der Waals surface area contributed by atoms with Crippen molar-refractivity contribution in [2.45, 2.75) is 213 Å². The topological polar surface area (TPSA) is 192 Å². The Kier molecular flexibility index (Phi) is 37.2. The molecule has 362 valence electrons. The smallest absolute Gasteiger partial charge is 0.253 e. The molecule has 0 spiro atoms. The third-order valence-corrected chi connectivity index (χ3v) is 11.4. The van der Waals surface area contributed by atoms with Crippen LogP contribution >= 0.6 is 0 Å². The zero-order chi connectivity index (χ0) is 46.0.